The van der Waals surface area contributed by atoms with Gasteiger partial charge in [0.15, 0.2) is 0 Å². The van der Waals surface area contributed by atoms with Gasteiger partial charge >= 0.3 is 0 Å². The lowest BCUT2D eigenvalue weighted by atomic mass is 10.4. The molecular formula is C6H10Cl2F4S. The summed E-state index contributed by atoms with van der Waals surface area (Å²) in [5.41, 5.74) is 0. The first-order valence-corrected chi connectivity index (χ1v) is 3.07. The Morgan fingerprint density at radius 1 is 0.923 bits per heavy atom. The maximum atomic E-state index is 5.63. The first-order chi connectivity index (χ1) is 3.80. The molecule has 0 radical (unpaired) electrons. The molecule has 1 aromatic rings. The van der Waals surface area contributed by atoms with E-state index in [1.807, 2.05) is 24.3 Å². The Bertz CT molecular complexity index is 179. The van der Waals surface area contributed by atoms with Crippen LogP contribution < -0.4 is 0 Å². The van der Waals surface area contributed by atoms with Crippen molar-refractivity contribution >= 4 is 36.6 Å². The number of hydrogen-bond donors (Lipinski definition) is 1. The molecule has 82 valence electrons. The Hall–Kier alpha value is -0.130. The molecule has 0 spiro atoms. The van der Waals surface area contributed by atoms with Gasteiger partial charge in [0.1, 0.15) is 0 Å². The minimum atomic E-state index is 0. The number of benzene rings is 1. The second-order valence-electron chi connectivity index (χ2n) is 1.45. The molecule has 0 aliphatic heterocycles. The quantitative estimate of drug-likeness (QED) is 0.534. The van der Waals surface area contributed by atoms with Crippen molar-refractivity contribution in [2.75, 3.05) is 0 Å². The van der Waals surface area contributed by atoms with E-state index in [9.17, 15) is 0 Å². The number of thiol groups is 1. The highest BCUT2D eigenvalue weighted by Gasteiger charge is 1.87. The first kappa shape index (κ1) is 29.3. The molecule has 0 unspecified atom stereocenters. The van der Waals surface area contributed by atoms with Crippen molar-refractivity contribution in [3.63, 3.8) is 0 Å². The zero-order chi connectivity index (χ0) is 5.98. The Morgan fingerprint density at radius 2 is 1.31 bits per heavy atom. The molecule has 0 aliphatic rings. The molecule has 0 aliphatic carbocycles. The van der Waals surface area contributed by atoms with E-state index < -0.39 is 0 Å². The topological polar surface area (TPSA) is 0 Å². The van der Waals surface area contributed by atoms with Crippen LogP contribution in [0.15, 0.2) is 29.2 Å². The summed E-state index contributed by atoms with van der Waals surface area (Å²) in [6.07, 6.45) is 0. The SMILES string of the molecule is Cl.F.F.F.F.Sc1ccccc1Cl. The highest BCUT2D eigenvalue weighted by atomic mass is 35.5. The van der Waals surface area contributed by atoms with Crippen molar-refractivity contribution in [1.82, 2.24) is 0 Å². The molecule has 0 amide bonds. The van der Waals surface area contributed by atoms with E-state index in [0.29, 0.717) is 5.02 Å². The zero-order valence-electron chi connectivity index (χ0n) is 6.18. The standard InChI is InChI=1S/C6H5ClS.ClH.4FH/c7-5-3-1-2-4-6(5)8;;;;;/h1-4,8H;5*1H. The van der Waals surface area contributed by atoms with Gasteiger partial charge in [0.05, 0.1) is 5.02 Å². The summed E-state index contributed by atoms with van der Waals surface area (Å²) in [7, 11) is 0. The van der Waals surface area contributed by atoms with E-state index >= 15 is 0 Å². The van der Waals surface area contributed by atoms with Crippen molar-refractivity contribution in [3.05, 3.63) is 29.3 Å². The fraction of sp³-hybridized carbons (Fsp3) is 0. The summed E-state index contributed by atoms with van der Waals surface area (Å²) in [5, 5.41) is 0.704. The maximum absolute atomic E-state index is 5.63. The molecule has 0 fully saturated rings. The minimum absolute atomic E-state index is 0. The number of halogens is 6. The molecule has 7 heteroatoms. The van der Waals surface area contributed by atoms with Crippen molar-refractivity contribution in [3.8, 4) is 0 Å². The van der Waals surface area contributed by atoms with Crippen LogP contribution in [0.4, 0.5) is 18.8 Å². The van der Waals surface area contributed by atoms with Crippen LogP contribution in [0.3, 0.4) is 0 Å². The molecule has 0 heterocycles. The Morgan fingerprint density at radius 3 is 1.54 bits per heavy atom. The molecule has 0 nitrogen and oxygen atoms in total. The van der Waals surface area contributed by atoms with Crippen molar-refractivity contribution < 1.29 is 18.8 Å². The molecule has 0 saturated heterocycles. The summed E-state index contributed by atoms with van der Waals surface area (Å²) < 4.78 is 0. The fourth-order valence-corrected chi connectivity index (χ4v) is 0.748. The van der Waals surface area contributed by atoms with Gasteiger partial charge in [-0.25, -0.2) is 0 Å². The van der Waals surface area contributed by atoms with E-state index in [-0.39, 0.29) is 31.2 Å². The lowest BCUT2D eigenvalue weighted by Crippen LogP contribution is -1.63. The van der Waals surface area contributed by atoms with Gasteiger partial charge in [0, 0.05) is 4.90 Å². The molecule has 0 saturated carbocycles. The van der Waals surface area contributed by atoms with Gasteiger partial charge in [0.2, 0.25) is 0 Å². The van der Waals surface area contributed by atoms with E-state index in [4.69, 9.17) is 11.6 Å². The molecule has 0 N–H and O–H groups in total. The van der Waals surface area contributed by atoms with Gasteiger partial charge in [-0.15, -0.1) is 25.0 Å². The zero-order valence-corrected chi connectivity index (χ0v) is 8.64. The van der Waals surface area contributed by atoms with Crippen LogP contribution in [0, 0.1) is 0 Å². The van der Waals surface area contributed by atoms with Crippen LogP contribution in [0.1, 0.15) is 0 Å². The van der Waals surface area contributed by atoms with Crippen LogP contribution in [0.2, 0.25) is 5.02 Å². The number of rotatable bonds is 0. The largest absolute Gasteiger partial charge is 0.269 e. The van der Waals surface area contributed by atoms with Crippen molar-refractivity contribution in [2.24, 2.45) is 0 Å². The highest BCUT2D eigenvalue weighted by Crippen LogP contribution is 2.17. The van der Waals surface area contributed by atoms with Crippen molar-refractivity contribution in [2.45, 2.75) is 4.90 Å². The number of hydrogen-bond acceptors (Lipinski definition) is 1. The average molecular weight is 261 g/mol. The summed E-state index contributed by atoms with van der Waals surface area (Å²) in [4.78, 5) is 0.828. The highest BCUT2D eigenvalue weighted by molar-refractivity contribution is 7.80. The second-order valence-corrected chi connectivity index (χ2v) is 2.34. The molecule has 0 aromatic heterocycles. The Balaban J connectivity index is -0.0000000427. The first-order valence-electron chi connectivity index (χ1n) is 2.24. The monoisotopic (exact) mass is 260 g/mol. The van der Waals surface area contributed by atoms with Gasteiger partial charge in [-0.2, -0.15) is 0 Å². The van der Waals surface area contributed by atoms with E-state index in [1.54, 1.807) is 0 Å². The normalized spacial score (nSPS) is 5.69. The van der Waals surface area contributed by atoms with Gasteiger partial charge in [-0.1, -0.05) is 23.7 Å². The van der Waals surface area contributed by atoms with Crippen molar-refractivity contribution in [1.29, 1.82) is 0 Å². The summed E-state index contributed by atoms with van der Waals surface area (Å²) in [5.74, 6) is 0. The third-order valence-electron chi connectivity index (χ3n) is 0.852. The molecule has 13 heavy (non-hydrogen) atoms. The molecule has 1 aromatic carbocycles. The third-order valence-corrected chi connectivity index (χ3v) is 1.70. The lowest BCUT2D eigenvalue weighted by molar-refractivity contribution is 1.11. The summed E-state index contributed by atoms with van der Waals surface area (Å²) >= 11 is 9.70. The third kappa shape index (κ3) is 9.79. The van der Waals surface area contributed by atoms with Crippen LogP contribution in [-0.4, -0.2) is 0 Å². The minimum Gasteiger partial charge on any atom is -0.269 e. The van der Waals surface area contributed by atoms with Gasteiger partial charge < -0.3 is 0 Å². The van der Waals surface area contributed by atoms with E-state index in [2.05, 4.69) is 12.6 Å². The second kappa shape index (κ2) is 14.4. The van der Waals surface area contributed by atoms with Crippen LogP contribution in [0.5, 0.6) is 0 Å². The van der Waals surface area contributed by atoms with E-state index in [1.165, 1.54) is 0 Å². The Kier molecular flexibility index (Phi) is 32.4. The average Bonchev–Trinajstić information content (AvgIpc) is 1.77. The Labute approximate surface area is 90.0 Å². The summed E-state index contributed by atoms with van der Waals surface area (Å²) in [6, 6.07) is 7.44. The lowest BCUT2D eigenvalue weighted by Gasteiger charge is -1.90. The molecule has 0 atom stereocenters. The maximum Gasteiger partial charge on any atom is 0.0539 e. The molecular weight excluding hydrogens is 251 g/mol. The fourth-order valence-electron chi connectivity index (χ4n) is 0.452. The van der Waals surface area contributed by atoms with Crippen LogP contribution in [-0.2, 0) is 0 Å². The van der Waals surface area contributed by atoms with Crippen LogP contribution in [0.25, 0.3) is 0 Å². The summed E-state index contributed by atoms with van der Waals surface area (Å²) in [6.45, 7) is 0. The van der Waals surface area contributed by atoms with Gasteiger partial charge in [-0.05, 0) is 12.1 Å². The molecule has 0 bridgehead atoms. The van der Waals surface area contributed by atoms with Gasteiger partial charge in [0.25, 0.3) is 0 Å². The van der Waals surface area contributed by atoms with E-state index in [0.717, 1.165) is 4.90 Å². The molecule has 1 rings (SSSR count). The smallest absolute Gasteiger partial charge is 0.0539 e. The predicted octanol–water partition coefficient (Wildman–Crippen LogP) is 3.66. The van der Waals surface area contributed by atoms with Gasteiger partial charge in [-0.3, -0.25) is 18.8 Å². The predicted molar refractivity (Wildman–Crippen MR) is 56.0 cm³/mol. The van der Waals surface area contributed by atoms with Crippen LogP contribution >= 0.6 is 36.6 Å².